The predicted molar refractivity (Wildman–Crippen MR) is 92.7 cm³/mol. The van der Waals surface area contributed by atoms with Crippen LogP contribution in [-0.2, 0) is 16.1 Å². The van der Waals surface area contributed by atoms with Gasteiger partial charge in [-0.2, -0.15) is 0 Å². The highest BCUT2D eigenvalue weighted by molar-refractivity contribution is 5.88. The number of rotatable bonds is 7. The Hall–Kier alpha value is -2.08. The Morgan fingerprint density at radius 3 is 2.71 bits per heavy atom. The molecule has 0 aromatic heterocycles. The summed E-state index contributed by atoms with van der Waals surface area (Å²) in [7, 11) is 0. The van der Waals surface area contributed by atoms with Crippen molar-refractivity contribution in [3.8, 4) is 5.75 Å². The first-order valence-electron chi connectivity index (χ1n) is 8.52. The van der Waals surface area contributed by atoms with Gasteiger partial charge in [0, 0.05) is 25.7 Å². The molecule has 2 N–H and O–H groups in total. The summed E-state index contributed by atoms with van der Waals surface area (Å²) in [6.07, 6.45) is 0.182. The summed E-state index contributed by atoms with van der Waals surface area (Å²) in [6.45, 7) is 8.40. The van der Waals surface area contributed by atoms with Gasteiger partial charge in [0.2, 0.25) is 11.8 Å². The van der Waals surface area contributed by atoms with Gasteiger partial charge in [-0.05, 0) is 38.5 Å². The molecule has 0 radical (unpaired) electrons. The van der Waals surface area contributed by atoms with Crippen LogP contribution in [-0.4, -0.2) is 48.5 Å². The lowest BCUT2D eigenvalue weighted by atomic mass is 10.1. The number of benzene rings is 1. The highest BCUT2D eigenvalue weighted by Crippen LogP contribution is 2.17. The number of piperazine rings is 1. The molecule has 6 nitrogen and oxygen atoms in total. The number of hydrogen-bond acceptors (Lipinski definition) is 4. The molecule has 6 heteroatoms. The molecule has 1 heterocycles. The van der Waals surface area contributed by atoms with Crippen LogP contribution in [0.1, 0.15) is 32.8 Å². The van der Waals surface area contributed by atoms with Gasteiger partial charge in [0.25, 0.3) is 0 Å². The molecular formula is C18H27N3O3. The third-order valence-corrected chi connectivity index (χ3v) is 3.89. The number of amides is 2. The fourth-order valence-electron chi connectivity index (χ4n) is 2.82. The van der Waals surface area contributed by atoms with Gasteiger partial charge in [0.1, 0.15) is 5.75 Å². The van der Waals surface area contributed by atoms with Crippen LogP contribution < -0.4 is 15.4 Å². The lowest BCUT2D eigenvalue weighted by Crippen LogP contribution is -2.56. The Labute approximate surface area is 143 Å². The van der Waals surface area contributed by atoms with Gasteiger partial charge in [0.05, 0.1) is 19.1 Å². The van der Waals surface area contributed by atoms with E-state index in [0.29, 0.717) is 19.7 Å². The third-order valence-electron chi connectivity index (χ3n) is 3.89. The molecule has 132 valence electrons. The van der Waals surface area contributed by atoms with Crippen LogP contribution in [0.4, 0.5) is 0 Å². The van der Waals surface area contributed by atoms with E-state index >= 15 is 0 Å². The molecule has 0 unspecified atom stereocenters. The lowest BCUT2D eigenvalue weighted by molar-refractivity contribution is -0.134. The largest absolute Gasteiger partial charge is 0.494 e. The van der Waals surface area contributed by atoms with E-state index in [1.54, 1.807) is 0 Å². The van der Waals surface area contributed by atoms with E-state index in [-0.39, 0.29) is 24.3 Å². The number of hydrogen-bond donors (Lipinski definition) is 2. The van der Waals surface area contributed by atoms with Crippen molar-refractivity contribution in [2.24, 2.45) is 0 Å². The molecule has 1 fully saturated rings. The van der Waals surface area contributed by atoms with Gasteiger partial charge in [0.15, 0.2) is 0 Å². The molecule has 1 saturated heterocycles. The molecule has 2 rings (SSSR count). The van der Waals surface area contributed by atoms with E-state index in [0.717, 1.165) is 17.9 Å². The molecule has 0 saturated carbocycles. The molecule has 1 aliphatic heterocycles. The van der Waals surface area contributed by atoms with Gasteiger partial charge in [-0.15, -0.1) is 0 Å². The smallest absolute Gasteiger partial charge is 0.237 e. The fraction of sp³-hybridized carbons (Fsp3) is 0.556. The monoisotopic (exact) mass is 333 g/mol. The van der Waals surface area contributed by atoms with E-state index in [9.17, 15) is 9.59 Å². The van der Waals surface area contributed by atoms with Gasteiger partial charge in [-0.25, -0.2) is 0 Å². The van der Waals surface area contributed by atoms with Crippen molar-refractivity contribution in [3.63, 3.8) is 0 Å². The molecule has 1 atom stereocenters. The van der Waals surface area contributed by atoms with Gasteiger partial charge in [-0.1, -0.05) is 12.1 Å². The van der Waals surface area contributed by atoms with Crippen LogP contribution >= 0.6 is 0 Å². The molecule has 0 aliphatic carbocycles. The Kier molecular flexibility index (Phi) is 6.61. The van der Waals surface area contributed by atoms with Crippen LogP contribution in [0.3, 0.4) is 0 Å². The average molecular weight is 333 g/mol. The lowest BCUT2D eigenvalue weighted by Gasteiger charge is -2.34. The summed E-state index contributed by atoms with van der Waals surface area (Å²) >= 11 is 0. The second-order valence-electron chi connectivity index (χ2n) is 6.28. The van der Waals surface area contributed by atoms with Crippen molar-refractivity contribution < 1.29 is 14.3 Å². The zero-order valence-corrected chi connectivity index (χ0v) is 14.7. The molecular weight excluding hydrogens is 306 g/mol. The second kappa shape index (κ2) is 8.68. The first-order valence-corrected chi connectivity index (χ1v) is 8.52. The minimum absolute atomic E-state index is 0.0729. The normalized spacial score (nSPS) is 18.3. The Morgan fingerprint density at radius 2 is 2.08 bits per heavy atom. The number of carbonyl (C=O) groups is 2. The zero-order valence-electron chi connectivity index (χ0n) is 14.7. The molecule has 0 spiro atoms. The maximum Gasteiger partial charge on any atom is 0.237 e. The minimum Gasteiger partial charge on any atom is -0.494 e. The standard InChI is InChI=1S/C18H27N3O3/c1-4-24-15-7-5-14(6-8-15)12-21-10-9-19-18(23)16(21)11-17(22)20-13(2)3/h5-8,13,16H,4,9-12H2,1-3H3,(H,19,23)(H,20,22)/t16-/m0/s1. The summed E-state index contributed by atoms with van der Waals surface area (Å²) < 4.78 is 5.45. The van der Waals surface area contributed by atoms with E-state index in [1.807, 2.05) is 45.0 Å². The molecule has 2 amide bonds. The molecule has 0 bridgehead atoms. The Bertz CT molecular complexity index is 557. The van der Waals surface area contributed by atoms with E-state index in [2.05, 4.69) is 15.5 Å². The topological polar surface area (TPSA) is 70.7 Å². The SMILES string of the molecule is CCOc1ccc(CN2CCNC(=O)[C@@H]2CC(=O)NC(C)C)cc1. The van der Waals surface area contributed by atoms with E-state index in [4.69, 9.17) is 4.74 Å². The van der Waals surface area contributed by atoms with Gasteiger partial charge in [-0.3, -0.25) is 14.5 Å². The van der Waals surface area contributed by atoms with Gasteiger partial charge < -0.3 is 15.4 Å². The maximum absolute atomic E-state index is 12.2. The molecule has 1 aliphatic rings. The fourth-order valence-corrected chi connectivity index (χ4v) is 2.82. The number of nitrogens with one attached hydrogen (secondary N) is 2. The first kappa shape index (κ1) is 18.3. The molecule has 1 aromatic carbocycles. The van der Waals surface area contributed by atoms with Crippen LogP contribution in [0.2, 0.25) is 0 Å². The quantitative estimate of drug-likeness (QED) is 0.789. The van der Waals surface area contributed by atoms with Crippen molar-refractivity contribution in [3.05, 3.63) is 29.8 Å². The summed E-state index contributed by atoms with van der Waals surface area (Å²) in [5.74, 6) is 0.667. The van der Waals surface area contributed by atoms with Crippen LogP contribution in [0, 0.1) is 0 Å². The van der Waals surface area contributed by atoms with Crippen LogP contribution in [0.15, 0.2) is 24.3 Å². The highest BCUT2D eigenvalue weighted by atomic mass is 16.5. The zero-order chi connectivity index (χ0) is 17.5. The molecule has 24 heavy (non-hydrogen) atoms. The number of ether oxygens (including phenoxy) is 1. The van der Waals surface area contributed by atoms with E-state index < -0.39 is 6.04 Å². The summed E-state index contributed by atoms with van der Waals surface area (Å²) in [4.78, 5) is 26.3. The predicted octanol–water partition coefficient (Wildman–Crippen LogP) is 1.30. The van der Waals surface area contributed by atoms with Crippen LogP contribution in [0.25, 0.3) is 0 Å². The van der Waals surface area contributed by atoms with Crippen molar-refractivity contribution in [1.82, 2.24) is 15.5 Å². The minimum atomic E-state index is -0.427. The average Bonchev–Trinajstić information content (AvgIpc) is 2.52. The maximum atomic E-state index is 12.2. The summed E-state index contributed by atoms with van der Waals surface area (Å²) in [6, 6.07) is 7.52. The van der Waals surface area contributed by atoms with Gasteiger partial charge >= 0.3 is 0 Å². The summed E-state index contributed by atoms with van der Waals surface area (Å²) in [5.41, 5.74) is 1.10. The Balaban J connectivity index is 2.02. The highest BCUT2D eigenvalue weighted by Gasteiger charge is 2.31. The third kappa shape index (κ3) is 5.23. The molecule has 1 aromatic rings. The van der Waals surface area contributed by atoms with Crippen LogP contribution in [0.5, 0.6) is 5.75 Å². The van der Waals surface area contributed by atoms with Crippen molar-refractivity contribution in [1.29, 1.82) is 0 Å². The second-order valence-corrected chi connectivity index (χ2v) is 6.28. The first-order chi connectivity index (χ1) is 11.5. The van der Waals surface area contributed by atoms with Crippen molar-refractivity contribution >= 4 is 11.8 Å². The number of nitrogens with zero attached hydrogens (tertiary/aromatic N) is 1. The van der Waals surface area contributed by atoms with E-state index in [1.165, 1.54) is 0 Å². The Morgan fingerprint density at radius 1 is 1.38 bits per heavy atom. The summed E-state index contributed by atoms with van der Waals surface area (Å²) in [5, 5.41) is 5.71. The van der Waals surface area contributed by atoms with Crippen molar-refractivity contribution in [2.75, 3.05) is 19.7 Å². The van der Waals surface area contributed by atoms with Crippen molar-refractivity contribution in [2.45, 2.75) is 45.8 Å². The number of carbonyl (C=O) groups excluding carboxylic acids is 2.